The van der Waals surface area contributed by atoms with Crippen molar-refractivity contribution in [3.63, 3.8) is 0 Å². The molecule has 0 bridgehead atoms. The van der Waals surface area contributed by atoms with Crippen LogP contribution in [0.4, 0.5) is 0 Å². The molecule has 138 valence electrons. The highest BCUT2D eigenvalue weighted by atomic mass is 127. The lowest BCUT2D eigenvalue weighted by molar-refractivity contribution is 0.310. The van der Waals surface area contributed by atoms with E-state index in [1.165, 1.54) is 12.8 Å². The van der Waals surface area contributed by atoms with E-state index >= 15 is 0 Å². The van der Waals surface area contributed by atoms with E-state index in [4.69, 9.17) is 9.47 Å². The van der Waals surface area contributed by atoms with Crippen LogP contribution in [0.25, 0.3) is 0 Å². The first kappa shape index (κ1) is 22.8. The third-order valence-corrected chi connectivity index (χ3v) is 3.36. The van der Waals surface area contributed by atoms with Crippen molar-refractivity contribution in [1.29, 1.82) is 0 Å². The Labute approximate surface area is 163 Å². The van der Waals surface area contributed by atoms with Gasteiger partial charge in [0.25, 0.3) is 0 Å². The van der Waals surface area contributed by atoms with Gasteiger partial charge in [-0.2, -0.15) is 0 Å². The molecule has 0 aliphatic carbocycles. The topological polar surface area (TPSA) is 54.9 Å². The molecule has 0 atom stereocenters. The second-order valence-electron chi connectivity index (χ2n) is 5.25. The van der Waals surface area contributed by atoms with Crippen molar-refractivity contribution in [2.24, 2.45) is 4.99 Å². The van der Waals surface area contributed by atoms with E-state index in [-0.39, 0.29) is 24.0 Å². The zero-order valence-corrected chi connectivity index (χ0v) is 17.7. The van der Waals surface area contributed by atoms with E-state index in [1.54, 1.807) is 7.11 Å². The fraction of sp³-hybridized carbons (Fsp3) is 0.611. The van der Waals surface area contributed by atoms with Crippen molar-refractivity contribution in [2.45, 2.75) is 46.6 Å². The minimum Gasteiger partial charge on any atom is -0.493 e. The molecular formula is C18H32IN3O2. The maximum atomic E-state index is 5.61. The molecule has 2 N–H and O–H groups in total. The normalized spacial score (nSPS) is 10.8. The van der Waals surface area contributed by atoms with E-state index in [9.17, 15) is 0 Å². The van der Waals surface area contributed by atoms with Crippen molar-refractivity contribution < 1.29 is 9.47 Å². The summed E-state index contributed by atoms with van der Waals surface area (Å²) in [6.07, 6.45) is 3.63. The SMILES string of the molecule is CCCCCNC(=NCc1ccc(OC)c(OCC)c1)NCC.I. The van der Waals surface area contributed by atoms with Gasteiger partial charge in [-0.15, -0.1) is 24.0 Å². The van der Waals surface area contributed by atoms with Crippen molar-refractivity contribution in [1.82, 2.24) is 10.6 Å². The summed E-state index contributed by atoms with van der Waals surface area (Å²) < 4.78 is 10.9. The number of rotatable bonds is 10. The van der Waals surface area contributed by atoms with Crippen LogP contribution in [0.2, 0.25) is 0 Å². The summed E-state index contributed by atoms with van der Waals surface area (Å²) >= 11 is 0. The van der Waals surface area contributed by atoms with Crippen LogP contribution in [0.5, 0.6) is 11.5 Å². The number of aliphatic imine (C=N–C) groups is 1. The molecule has 0 fully saturated rings. The highest BCUT2D eigenvalue weighted by molar-refractivity contribution is 14.0. The fourth-order valence-electron chi connectivity index (χ4n) is 2.18. The number of methoxy groups -OCH3 is 1. The van der Waals surface area contributed by atoms with Crippen molar-refractivity contribution in [2.75, 3.05) is 26.8 Å². The molecule has 1 rings (SSSR count). The third-order valence-electron chi connectivity index (χ3n) is 3.36. The molecule has 1 aromatic rings. The molecular weight excluding hydrogens is 417 g/mol. The van der Waals surface area contributed by atoms with Gasteiger partial charge in [-0.1, -0.05) is 25.8 Å². The van der Waals surface area contributed by atoms with Crippen LogP contribution in [0.3, 0.4) is 0 Å². The summed E-state index contributed by atoms with van der Waals surface area (Å²) in [5.74, 6) is 2.38. The number of nitrogens with zero attached hydrogens (tertiary/aromatic N) is 1. The largest absolute Gasteiger partial charge is 0.493 e. The Kier molecular flexibility index (Phi) is 13.5. The van der Waals surface area contributed by atoms with Gasteiger partial charge in [0.2, 0.25) is 0 Å². The summed E-state index contributed by atoms with van der Waals surface area (Å²) in [5.41, 5.74) is 1.10. The van der Waals surface area contributed by atoms with Gasteiger partial charge >= 0.3 is 0 Å². The molecule has 0 radical (unpaired) electrons. The average Bonchev–Trinajstić information content (AvgIpc) is 2.57. The number of benzene rings is 1. The Hall–Kier alpha value is -1.18. The number of hydrogen-bond donors (Lipinski definition) is 2. The number of ether oxygens (including phenoxy) is 2. The summed E-state index contributed by atoms with van der Waals surface area (Å²) in [6.45, 7) is 9.27. The monoisotopic (exact) mass is 449 g/mol. The zero-order valence-electron chi connectivity index (χ0n) is 15.4. The van der Waals surface area contributed by atoms with Gasteiger partial charge in [-0.25, -0.2) is 4.99 Å². The van der Waals surface area contributed by atoms with Gasteiger partial charge in [0, 0.05) is 13.1 Å². The van der Waals surface area contributed by atoms with E-state index in [1.807, 2.05) is 25.1 Å². The lowest BCUT2D eigenvalue weighted by atomic mass is 10.2. The van der Waals surface area contributed by atoms with Gasteiger partial charge in [0.15, 0.2) is 17.5 Å². The first-order chi connectivity index (χ1) is 11.2. The van der Waals surface area contributed by atoms with E-state index in [0.29, 0.717) is 13.2 Å². The Morgan fingerprint density at radius 1 is 1.08 bits per heavy atom. The first-order valence-corrected chi connectivity index (χ1v) is 8.57. The second-order valence-corrected chi connectivity index (χ2v) is 5.25. The summed E-state index contributed by atoms with van der Waals surface area (Å²) in [7, 11) is 1.65. The molecule has 0 amide bonds. The number of unbranched alkanes of at least 4 members (excludes halogenated alkanes) is 2. The molecule has 0 saturated carbocycles. The number of halogens is 1. The minimum absolute atomic E-state index is 0. The molecule has 1 aromatic carbocycles. The standard InChI is InChI=1S/C18H31N3O2.HI/c1-5-8-9-12-20-18(19-6-2)21-14-15-10-11-16(22-4)17(13-15)23-7-3;/h10-11,13H,5-9,12,14H2,1-4H3,(H2,19,20,21);1H. The molecule has 0 aromatic heterocycles. The van der Waals surface area contributed by atoms with Crippen LogP contribution in [0.15, 0.2) is 23.2 Å². The van der Waals surface area contributed by atoms with Crippen LogP contribution in [-0.2, 0) is 6.54 Å². The van der Waals surface area contributed by atoms with Crippen LogP contribution in [-0.4, -0.2) is 32.8 Å². The van der Waals surface area contributed by atoms with Gasteiger partial charge < -0.3 is 20.1 Å². The predicted molar refractivity (Wildman–Crippen MR) is 112 cm³/mol. The van der Waals surface area contributed by atoms with E-state index in [0.717, 1.165) is 42.5 Å². The van der Waals surface area contributed by atoms with Crippen molar-refractivity contribution >= 4 is 29.9 Å². The molecule has 0 aliphatic rings. The molecule has 24 heavy (non-hydrogen) atoms. The zero-order chi connectivity index (χ0) is 16.9. The van der Waals surface area contributed by atoms with E-state index in [2.05, 4.69) is 29.5 Å². The molecule has 0 aliphatic heterocycles. The van der Waals surface area contributed by atoms with Gasteiger partial charge in [0.1, 0.15) is 0 Å². The van der Waals surface area contributed by atoms with Crippen molar-refractivity contribution in [3.8, 4) is 11.5 Å². The number of hydrogen-bond acceptors (Lipinski definition) is 3. The second kappa shape index (κ2) is 14.2. The molecule has 0 unspecified atom stereocenters. The van der Waals surface area contributed by atoms with E-state index < -0.39 is 0 Å². The molecule has 0 saturated heterocycles. The average molecular weight is 449 g/mol. The lowest BCUT2D eigenvalue weighted by Crippen LogP contribution is -2.37. The summed E-state index contributed by atoms with van der Waals surface area (Å²) in [4.78, 5) is 4.64. The molecule has 0 spiro atoms. The maximum Gasteiger partial charge on any atom is 0.191 e. The number of nitrogens with one attached hydrogen (secondary N) is 2. The molecule has 6 heteroatoms. The molecule has 0 heterocycles. The Morgan fingerprint density at radius 2 is 1.88 bits per heavy atom. The maximum absolute atomic E-state index is 5.61. The Morgan fingerprint density at radius 3 is 2.50 bits per heavy atom. The van der Waals surface area contributed by atoms with Crippen LogP contribution in [0.1, 0.15) is 45.6 Å². The van der Waals surface area contributed by atoms with Gasteiger partial charge in [-0.3, -0.25) is 0 Å². The Bertz CT molecular complexity index is 481. The molecule has 5 nitrogen and oxygen atoms in total. The highest BCUT2D eigenvalue weighted by Crippen LogP contribution is 2.28. The Balaban J connectivity index is 0.00000529. The van der Waals surface area contributed by atoms with Crippen LogP contribution < -0.4 is 20.1 Å². The van der Waals surface area contributed by atoms with Crippen molar-refractivity contribution in [3.05, 3.63) is 23.8 Å². The summed E-state index contributed by atoms with van der Waals surface area (Å²) in [5, 5.41) is 6.65. The lowest BCUT2D eigenvalue weighted by Gasteiger charge is -2.12. The fourth-order valence-corrected chi connectivity index (χ4v) is 2.18. The minimum atomic E-state index is 0. The van der Waals surface area contributed by atoms with Crippen LogP contribution in [0, 0.1) is 0 Å². The number of guanidine groups is 1. The van der Waals surface area contributed by atoms with Gasteiger partial charge in [-0.05, 0) is 38.0 Å². The predicted octanol–water partition coefficient (Wildman–Crippen LogP) is 3.96. The van der Waals surface area contributed by atoms with Crippen LogP contribution >= 0.6 is 24.0 Å². The summed E-state index contributed by atoms with van der Waals surface area (Å²) in [6, 6.07) is 5.94. The van der Waals surface area contributed by atoms with Gasteiger partial charge in [0.05, 0.1) is 20.3 Å². The quantitative estimate of drug-likeness (QED) is 0.246. The third kappa shape index (κ3) is 8.61. The smallest absolute Gasteiger partial charge is 0.191 e. The highest BCUT2D eigenvalue weighted by Gasteiger charge is 2.05. The first-order valence-electron chi connectivity index (χ1n) is 8.57.